The number of likely N-dealkylation sites (tertiary alicyclic amines) is 1. The number of rotatable bonds is 5. The second-order valence-corrected chi connectivity index (χ2v) is 9.00. The van der Waals surface area contributed by atoms with Crippen LogP contribution in [0.2, 0.25) is 5.02 Å². The minimum Gasteiger partial charge on any atom is -0.396 e. The third-order valence-electron chi connectivity index (χ3n) is 6.10. The van der Waals surface area contributed by atoms with Crippen molar-refractivity contribution >= 4 is 34.7 Å². The molecule has 2 aliphatic heterocycles. The van der Waals surface area contributed by atoms with Gasteiger partial charge in [-0.05, 0) is 60.1 Å². The summed E-state index contributed by atoms with van der Waals surface area (Å²) in [6, 6.07) is 14.6. The second-order valence-electron chi connectivity index (χ2n) is 8.56. The van der Waals surface area contributed by atoms with Gasteiger partial charge in [-0.3, -0.25) is 9.59 Å². The van der Waals surface area contributed by atoms with Crippen molar-refractivity contribution < 1.29 is 14.7 Å². The number of carbonyl (C=O) groups excluding carboxylic acids is 2. The molecule has 5 nitrogen and oxygen atoms in total. The first-order valence-corrected chi connectivity index (χ1v) is 11.1. The van der Waals surface area contributed by atoms with Crippen LogP contribution in [0.25, 0.3) is 5.57 Å². The lowest BCUT2D eigenvalue weighted by atomic mass is 9.97. The lowest BCUT2D eigenvalue weighted by Gasteiger charge is -2.34. The third-order valence-corrected chi connectivity index (χ3v) is 6.36. The molecule has 1 atom stereocenters. The zero-order valence-corrected chi connectivity index (χ0v) is 18.6. The van der Waals surface area contributed by atoms with Crippen LogP contribution in [-0.2, 0) is 9.59 Å². The Kier molecular flexibility index (Phi) is 6.17. The molecule has 0 spiro atoms. The molecule has 0 aromatic heterocycles. The van der Waals surface area contributed by atoms with E-state index in [4.69, 9.17) is 11.6 Å². The van der Waals surface area contributed by atoms with E-state index in [1.807, 2.05) is 29.2 Å². The van der Waals surface area contributed by atoms with Crippen molar-refractivity contribution in [2.75, 3.05) is 24.6 Å². The average Bonchev–Trinajstić information content (AvgIpc) is 3.04. The van der Waals surface area contributed by atoms with Crippen LogP contribution in [0.3, 0.4) is 0 Å². The minimum absolute atomic E-state index is 0.0720. The first kappa shape index (κ1) is 21.6. The van der Waals surface area contributed by atoms with E-state index in [1.165, 1.54) is 4.90 Å². The lowest BCUT2D eigenvalue weighted by Crippen LogP contribution is -2.40. The zero-order valence-electron chi connectivity index (χ0n) is 17.8. The topological polar surface area (TPSA) is 60.9 Å². The summed E-state index contributed by atoms with van der Waals surface area (Å²) in [5.74, 6) is -0.187. The van der Waals surface area contributed by atoms with Crippen molar-refractivity contribution in [3.05, 3.63) is 70.4 Å². The summed E-state index contributed by atoms with van der Waals surface area (Å²) in [5.41, 5.74) is 3.20. The van der Waals surface area contributed by atoms with Gasteiger partial charge in [-0.2, -0.15) is 0 Å². The van der Waals surface area contributed by atoms with E-state index in [-0.39, 0.29) is 24.3 Å². The lowest BCUT2D eigenvalue weighted by molar-refractivity contribution is -0.120. The number of amides is 2. The highest BCUT2D eigenvalue weighted by Gasteiger charge is 2.43. The van der Waals surface area contributed by atoms with Gasteiger partial charge >= 0.3 is 0 Å². The molecule has 1 fully saturated rings. The number of nitrogens with zero attached hydrogens (tertiary/aromatic N) is 2. The first-order valence-electron chi connectivity index (χ1n) is 10.8. The van der Waals surface area contributed by atoms with Crippen LogP contribution in [0.5, 0.6) is 0 Å². The molecule has 1 saturated heterocycles. The van der Waals surface area contributed by atoms with Crippen molar-refractivity contribution in [3.8, 4) is 0 Å². The van der Waals surface area contributed by atoms with Crippen molar-refractivity contribution in [3.63, 3.8) is 0 Å². The Morgan fingerprint density at radius 3 is 2.32 bits per heavy atom. The maximum atomic E-state index is 13.6. The maximum Gasteiger partial charge on any atom is 0.282 e. The number of benzene rings is 2. The van der Waals surface area contributed by atoms with Crippen LogP contribution in [0, 0.1) is 5.92 Å². The molecule has 4 rings (SSSR count). The molecule has 2 aromatic rings. The fourth-order valence-corrected chi connectivity index (χ4v) is 4.47. The predicted octanol–water partition coefficient (Wildman–Crippen LogP) is 4.45. The Balaban J connectivity index is 1.77. The van der Waals surface area contributed by atoms with Gasteiger partial charge in [0.15, 0.2) is 0 Å². The first-order chi connectivity index (χ1) is 14.9. The van der Waals surface area contributed by atoms with Crippen LogP contribution >= 0.6 is 11.6 Å². The molecule has 0 radical (unpaired) electrons. The van der Waals surface area contributed by atoms with Crippen LogP contribution < -0.4 is 4.90 Å². The molecule has 2 aromatic carbocycles. The Labute approximate surface area is 187 Å². The molecular weight excluding hydrogens is 412 g/mol. The molecule has 2 heterocycles. The van der Waals surface area contributed by atoms with E-state index in [1.54, 1.807) is 24.3 Å². The van der Waals surface area contributed by atoms with Crippen molar-refractivity contribution in [1.82, 2.24) is 4.90 Å². The molecule has 162 valence electrons. The Morgan fingerprint density at radius 2 is 1.71 bits per heavy atom. The molecule has 0 aliphatic carbocycles. The zero-order chi connectivity index (χ0) is 22.1. The van der Waals surface area contributed by atoms with Gasteiger partial charge in [0, 0.05) is 24.7 Å². The van der Waals surface area contributed by atoms with Crippen LogP contribution in [-0.4, -0.2) is 41.5 Å². The van der Waals surface area contributed by atoms with Crippen molar-refractivity contribution in [2.45, 2.75) is 32.6 Å². The van der Waals surface area contributed by atoms with Crippen LogP contribution in [0.1, 0.15) is 43.7 Å². The molecule has 0 bridgehead atoms. The van der Waals surface area contributed by atoms with Gasteiger partial charge in [0.1, 0.15) is 5.70 Å². The fourth-order valence-electron chi connectivity index (χ4n) is 4.35. The number of carbonyl (C=O) groups is 2. The van der Waals surface area contributed by atoms with Gasteiger partial charge in [-0.25, -0.2) is 4.90 Å². The summed E-state index contributed by atoms with van der Waals surface area (Å²) < 4.78 is 0. The highest BCUT2D eigenvalue weighted by Crippen LogP contribution is 2.37. The van der Waals surface area contributed by atoms with Gasteiger partial charge in [0.05, 0.1) is 11.3 Å². The quantitative estimate of drug-likeness (QED) is 0.700. The normalized spacial score (nSPS) is 19.7. The monoisotopic (exact) mass is 438 g/mol. The number of hydrogen-bond acceptors (Lipinski definition) is 4. The summed E-state index contributed by atoms with van der Waals surface area (Å²) in [7, 11) is 0. The number of anilines is 1. The van der Waals surface area contributed by atoms with E-state index < -0.39 is 0 Å². The van der Waals surface area contributed by atoms with Gasteiger partial charge in [-0.1, -0.05) is 49.7 Å². The summed E-state index contributed by atoms with van der Waals surface area (Å²) in [6.07, 6.45) is 1.78. The standard InChI is InChI=1S/C25H27ClN2O3/c1-16(2)18-7-11-21(12-8-18)28-24(30)22(19-5-9-20(26)10-6-19)23(25(28)31)27-13-3-4-17(14-27)15-29/h5-12,16-17,29H,3-4,13-15H2,1-2H3. The van der Waals surface area contributed by atoms with E-state index in [0.717, 1.165) is 18.4 Å². The summed E-state index contributed by atoms with van der Waals surface area (Å²) in [5, 5.41) is 10.2. The molecule has 31 heavy (non-hydrogen) atoms. The predicted molar refractivity (Wildman–Crippen MR) is 123 cm³/mol. The van der Waals surface area contributed by atoms with E-state index in [0.29, 0.717) is 46.6 Å². The average molecular weight is 439 g/mol. The molecular formula is C25H27ClN2O3. The smallest absolute Gasteiger partial charge is 0.282 e. The van der Waals surface area contributed by atoms with Crippen molar-refractivity contribution in [1.29, 1.82) is 0 Å². The molecule has 2 amide bonds. The summed E-state index contributed by atoms with van der Waals surface area (Å²) in [6.45, 7) is 5.52. The number of halogens is 1. The number of aliphatic hydroxyl groups is 1. The summed E-state index contributed by atoms with van der Waals surface area (Å²) in [4.78, 5) is 30.4. The number of imide groups is 1. The van der Waals surface area contributed by atoms with Gasteiger partial charge in [0.25, 0.3) is 11.8 Å². The fraction of sp³-hybridized carbons (Fsp3) is 0.360. The Morgan fingerprint density at radius 1 is 1.03 bits per heavy atom. The molecule has 2 aliphatic rings. The van der Waals surface area contributed by atoms with Crippen molar-refractivity contribution in [2.24, 2.45) is 5.92 Å². The Hall–Kier alpha value is -2.63. The molecule has 0 saturated carbocycles. The molecule has 6 heteroatoms. The van der Waals surface area contributed by atoms with E-state index >= 15 is 0 Å². The van der Waals surface area contributed by atoms with E-state index in [2.05, 4.69) is 13.8 Å². The van der Waals surface area contributed by atoms with Gasteiger partial charge in [0.2, 0.25) is 0 Å². The molecule has 1 unspecified atom stereocenters. The third kappa shape index (κ3) is 4.12. The van der Waals surface area contributed by atoms with Gasteiger partial charge < -0.3 is 10.0 Å². The van der Waals surface area contributed by atoms with E-state index in [9.17, 15) is 14.7 Å². The van der Waals surface area contributed by atoms with Gasteiger partial charge in [-0.15, -0.1) is 0 Å². The van der Waals surface area contributed by atoms with Crippen LogP contribution in [0.4, 0.5) is 5.69 Å². The molecule has 1 N–H and O–H groups in total. The minimum atomic E-state index is -0.328. The Bertz CT molecular complexity index is 1010. The highest BCUT2D eigenvalue weighted by atomic mass is 35.5. The number of piperidine rings is 1. The largest absolute Gasteiger partial charge is 0.396 e. The summed E-state index contributed by atoms with van der Waals surface area (Å²) >= 11 is 6.05. The van der Waals surface area contributed by atoms with Crippen LogP contribution in [0.15, 0.2) is 54.2 Å². The number of aliphatic hydroxyl groups excluding tert-OH is 1. The SMILES string of the molecule is CC(C)c1ccc(N2C(=O)C(c3ccc(Cl)cc3)=C(N3CCCC(CO)C3)C2=O)cc1. The number of hydrogen-bond donors (Lipinski definition) is 1. The highest BCUT2D eigenvalue weighted by molar-refractivity contribution is 6.45. The maximum absolute atomic E-state index is 13.6. The second kappa shape index (κ2) is 8.85.